The molecule has 0 saturated carbocycles. The third-order valence-corrected chi connectivity index (χ3v) is 1.91. The van der Waals surface area contributed by atoms with Crippen LogP contribution in [0.15, 0.2) is 0 Å². The molecule has 0 saturated heterocycles. The second kappa shape index (κ2) is 15.1. The van der Waals surface area contributed by atoms with Crippen LogP contribution in [-0.2, 0) is 4.79 Å². The summed E-state index contributed by atoms with van der Waals surface area (Å²) in [5.74, 6) is 0.255. The van der Waals surface area contributed by atoms with Crippen molar-refractivity contribution < 1.29 is 4.79 Å². The summed E-state index contributed by atoms with van der Waals surface area (Å²) in [5.41, 5.74) is 0. The Labute approximate surface area is 89.5 Å². The average molecular weight is 201 g/mol. The zero-order valence-electron chi connectivity index (χ0n) is 10.4. The van der Waals surface area contributed by atoms with Crippen LogP contribution < -0.4 is 5.32 Å². The number of nitrogens with one attached hydrogen (secondary N) is 1. The lowest BCUT2D eigenvalue weighted by Gasteiger charge is -1.99. The minimum absolute atomic E-state index is 0.255. The van der Waals surface area contributed by atoms with Gasteiger partial charge in [-0.2, -0.15) is 0 Å². The molecule has 2 heteroatoms. The summed E-state index contributed by atoms with van der Waals surface area (Å²) >= 11 is 0. The largest absolute Gasteiger partial charge is 0.317 e. The molecule has 0 radical (unpaired) electrons. The maximum Gasteiger partial charge on any atom is 0.129 e. The van der Waals surface area contributed by atoms with Crippen LogP contribution in [0.4, 0.5) is 0 Å². The van der Waals surface area contributed by atoms with Gasteiger partial charge in [-0.25, -0.2) is 0 Å². The van der Waals surface area contributed by atoms with Crippen molar-refractivity contribution in [3.63, 3.8) is 0 Å². The highest BCUT2D eigenvalue weighted by atomic mass is 16.1. The minimum atomic E-state index is 0.255. The van der Waals surface area contributed by atoms with E-state index in [0.29, 0.717) is 6.42 Å². The van der Waals surface area contributed by atoms with Crippen LogP contribution >= 0.6 is 0 Å². The van der Waals surface area contributed by atoms with Crippen LogP contribution in [0, 0.1) is 0 Å². The van der Waals surface area contributed by atoms with Crippen molar-refractivity contribution >= 4 is 5.78 Å². The predicted molar refractivity (Wildman–Crippen MR) is 63.7 cm³/mol. The monoisotopic (exact) mass is 201 g/mol. The molecule has 0 bridgehead atoms. The Hall–Kier alpha value is -0.370. The summed E-state index contributed by atoms with van der Waals surface area (Å²) < 4.78 is 0. The maximum atomic E-state index is 9.81. The summed E-state index contributed by atoms with van der Waals surface area (Å²) in [7, 11) is 0. The number of unbranched alkanes of at least 4 members (excludes halogenated alkanes) is 2. The Kier molecular flexibility index (Phi) is 17.4. The maximum absolute atomic E-state index is 9.81. The van der Waals surface area contributed by atoms with Crippen LogP contribution in [0.5, 0.6) is 0 Å². The Morgan fingerprint density at radius 2 is 1.36 bits per heavy atom. The lowest BCUT2D eigenvalue weighted by Crippen LogP contribution is -2.15. The number of carbonyl (C=O) groups excluding carboxylic acids is 1. The van der Waals surface area contributed by atoms with E-state index in [-0.39, 0.29) is 5.78 Å². The number of Topliss-reactive ketones (excluding diaryl/α,β-unsaturated/α-hetero) is 1. The fourth-order valence-electron chi connectivity index (χ4n) is 0.729. The lowest BCUT2D eigenvalue weighted by molar-refractivity contribution is -0.116. The molecule has 0 rings (SSSR count). The highest BCUT2D eigenvalue weighted by Gasteiger charge is 1.83. The summed E-state index contributed by atoms with van der Waals surface area (Å²) in [5, 5.41) is 3.39. The van der Waals surface area contributed by atoms with Gasteiger partial charge in [0.25, 0.3) is 0 Å². The molecular weight excluding hydrogens is 174 g/mol. The number of hydrogen-bond donors (Lipinski definition) is 1. The standard InChI is InChI=1S/C8H19N.C4H8O/c1-3-5-7-9-8-6-4-2;1-3-4(2)5/h9H,3-8H2,1-2H3;3H2,1-2H3. The second-order valence-electron chi connectivity index (χ2n) is 3.51. The van der Waals surface area contributed by atoms with Gasteiger partial charge in [-0.15, -0.1) is 0 Å². The van der Waals surface area contributed by atoms with Crippen molar-refractivity contribution in [3.8, 4) is 0 Å². The first-order valence-electron chi connectivity index (χ1n) is 5.89. The van der Waals surface area contributed by atoms with E-state index in [2.05, 4.69) is 19.2 Å². The van der Waals surface area contributed by atoms with Crippen LogP contribution in [0.2, 0.25) is 0 Å². The quantitative estimate of drug-likeness (QED) is 0.641. The number of hydrogen-bond acceptors (Lipinski definition) is 2. The van der Waals surface area contributed by atoms with Crippen molar-refractivity contribution in [1.29, 1.82) is 0 Å². The molecule has 0 fully saturated rings. The molecule has 0 atom stereocenters. The third kappa shape index (κ3) is 22.6. The van der Waals surface area contributed by atoms with E-state index in [1.54, 1.807) is 6.92 Å². The normalized spacial score (nSPS) is 9.14. The Balaban J connectivity index is 0. The van der Waals surface area contributed by atoms with E-state index < -0.39 is 0 Å². The SMILES string of the molecule is CCC(C)=O.CCCCNCCCC. The molecule has 86 valence electrons. The Morgan fingerprint density at radius 3 is 1.57 bits per heavy atom. The second-order valence-corrected chi connectivity index (χ2v) is 3.51. The first-order chi connectivity index (χ1) is 6.68. The number of ketones is 1. The Bertz CT molecular complexity index is 107. The molecule has 1 N–H and O–H groups in total. The van der Waals surface area contributed by atoms with Crippen LogP contribution in [0.3, 0.4) is 0 Å². The van der Waals surface area contributed by atoms with E-state index in [0.717, 1.165) is 0 Å². The zero-order chi connectivity index (χ0) is 11.2. The van der Waals surface area contributed by atoms with E-state index in [1.807, 2.05) is 6.92 Å². The third-order valence-electron chi connectivity index (χ3n) is 1.91. The van der Waals surface area contributed by atoms with Gasteiger partial charge < -0.3 is 10.1 Å². The highest BCUT2D eigenvalue weighted by molar-refractivity contribution is 5.74. The van der Waals surface area contributed by atoms with Crippen molar-refractivity contribution in [2.24, 2.45) is 0 Å². The van der Waals surface area contributed by atoms with Crippen LogP contribution in [-0.4, -0.2) is 18.9 Å². The molecule has 0 aliphatic carbocycles. The van der Waals surface area contributed by atoms with Gasteiger partial charge in [0.15, 0.2) is 0 Å². The summed E-state index contributed by atoms with van der Waals surface area (Å²) in [6.45, 7) is 10.3. The molecule has 14 heavy (non-hydrogen) atoms. The van der Waals surface area contributed by atoms with Gasteiger partial charge in [0, 0.05) is 6.42 Å². The van der Waals surface area contributed by atoms with Crippen molar-refractivity contribution in [1.82, 2.24) is 5.32 Å². The van der Waals surface area contributed by atoms with Crippen LogP contribution in [0.25, 0.3) is 0 Å². The summed E-state index contributed by atoms with van der Waals surface area (Å²) in [6.07, 6.45) is 5.92. The minimum Gasteiger partial charge on any atom is -0.317 e. The molecule has 0 spiro atoms. The molecule has 0 unspecified atom stereocenters. The van der Waals surface area contributed by atoms with Gasteiger partial charge in [0.05, 0.1) is 0 Å². The van der Waals surface area contributed by atoms with E-state index in [4.69, 9.17) is 0 Å². The molecule has 2 nitrogen and oxygen atoms in total. The van der Waals surface area contributed by atoms with Gasteiger partial charge in [-0.1, -0.05) is 33.6 Å². The molecular formula is C12H27NO. The summed E-state index contributed by atoms with van der Waals surface area (Å²) in [6, 6.07) is 0. The summed E-state index contributed by atoms with van der Waals surface area (Å²) in [4.78, 5) is 9.81. The fraction of sp³-hybridized carbons (Fsp3) is 0.917. The van der Waals surface area contributed by atoms with Crippen molar-refractivity contribution in [3.05, 3.63) is 0 Å². The van der Waals surface area contributed by atoms with Gasteiger partial charge in [-0.3, -0.25) is 0 Å². The smallest absolute Gasteiger partial charge is 0.129 e. The Morgan fingerprint density at radius 1 is 1.00 bits per heavy atom. The first kappa shape index (κ1) is 16.1. The van der Waals surface area contributed by atoms with E-state index in [9.17, 15) is 4.79 Å². The number of rotatable bonds is 7. The van der Waals surface area contributed by atoms with Gasteiger partial charge in [0.2, 0.25) is 0 Å². The average Bonchev–Trinajstić information content (AvgIpc) is 2.19. The topological polar surface area (TPSA) is 29.1 Å². The number of carbonyl (C=O) groups is 1. The highest BCUT2D eigenvalue weighted by Crippen LogP contribution is 1.85. The lowest BCUT2D eigenvalue weighted by atomic mass is 10.3. The molecule has 0 aromatic carbocycles. The van der Waals surface area contributed by atoms with E-state index in [1.165, 1.54) is 38.8 Å². The molecule has 0 aromatic rings. The van der Waals surface area contributed by atoms with Gasteiger partial charge in [0.1, 0.15) is 5.78 Å². The zero-order valence-corrected chi connectivity index (χ0v) is 10.4. The van der Waals surface area contributed by atoms with Gasteiger partial charge in [-0.05, 0) is 32.9 Å². The molecule has 0 aliphatic rings. The fourth-order valence-corrected chi connectivity index (χ4v) is 0.729. The van der Waals surface area contributed by atoms with E-state index >= 15 is 0 Å². The first-order valence-corrected chi connectivity index (χ1v) is 5.89. The molecule has 0 aliphatic heterocycles. The molecule has 0 amide bonds. The van der Waals surface area contributed by atoms with Crippen LogP contribution in [0.1, 0.15) is 59.8 Å². The predicted octanol–water partition coefficient (Wildman–Crippen LogP) is 3.16. The molecule has 0 heterocycles. The van der Waals surface area contributed by atoms with Crippen molar-refractivity contribution in [2.75, 3.05) is 13.1 Å². The van der Waals surface area contributed by atoms with Gasteiger partial charge >= 0.3 is 0 Å². The molecule has 0 aromatic heterocycles. The van der Waals surface area contributed by atoms with Crippen molar-refractivity contribution in [2.45, 2.75) is 59.8 Å².